The molecule has 2 heteroatoms. The van der Waals surface area contributed by atoms with Crippen molar-refractivity contribution in [3.8, 4) is 0 Å². The van der Waals surface area contributed by atoms with Crippen molar-refractivity contribution in [2.45, 2.75) is 32.6 Å². The van der Waals surface area contributed by atoms with Crippen LogP contribution in [0.15, 0.2) is 23.8 Å². The van der Waals surface area contributed by atoms with Crippen LogP contribution in [0.2, 0.25) is 0 Å². The highest BCUT2D eigenvalue weighted by molar-refractivity contribution is 5.76. The molecule has 1 fully saturated rings. The van der Waals surface area contributed by atoms with E-state index in [1.807, 2.05) is 19.1 Å². The van der Waals surface area contributed by atoms with Gasteiger partial charge >= 0.3 is 5.97 Å². The van der Waals surface area contributed by atoms with E-state index in [1.54, 1.807) is 0 Å². The van der Waals surface area contributed by atoms with Gasteiger partial charge in [0.05, 0.1) is 5.92 Å². The second kappa shape index (κ2) is 3.26. The lowest BCUT2D eigenvalue weighted by Gasteiger charge is -2.34. The molecule has 1 N–H and O–H groups in total. The summed E-state index contributed by atoms with van der Waals surface area (Å²) in [6.45, 7) is 1.93. The molecule has 1 atom stereocenters. The van der Waals surface area contributed by atoms with Crippen molar-refractivity contribution in [1.82, 2.24) is 0 Å². The van der Waals surface area contributed by atoms with Crippen LogP contribution < -0.4 is 0 Å². The molecule has 2 aliphatic rings. The van der Waals surface area contributed by atoms with Crippen molar-refractivity contribution in [2.75, 3.05) is 0 Å². The standard InChI is InChI=1S/C12H16O2/c1-9-5-4-8-12(6-2-3-7-12)10(9)11(13)14/h4-5,8,10H,2-3,6-7H2,1H3,(H,13,14). The second-order valence-corrected chi connectivity index (χ2v) is 4.48. The average molecular weight is 192 g/mol. The SMILES string of the molecule is CC1=CC=CC2(CCCC2)C1C(=O)O. The van der Waals surface area contributed by atoms with Crippen LogP contribution in [0.5, 0.6) is 0 Å². The van der Waals surface area contributed by atoms with Crippen molar-refractivity contribution in [3.63, 3.8) is 0 Å². The smallest absolute Gasteiger partial charge is 0.311 e. The number of carboxylic acid groups (broad SMARTS) is 1. The van der Waals surface area contributed by atoms with Gasteiger partial charge in [-0.3, -0.25) is 4.79 Å². The maximum atomic E-state index is 11.3. The second-order valence-electron chi connectivity index (χ2n) is 4.48. The Kier molecular flexibility index (Phi) is 2.22. The molecule has 0 aliphatic heterocycles. The van der Waals surface area contributed by atoms with E-state index in [9.17, 15) is 9.90 Å². The third-order valence-electron chi connectivity index (χ3n) is 3.60. The van der Waals surface area contributed by atoms with E-state index in [4.69, 9.17) is 0 Å². The van der Waals surface area contributed by atoms with Crippen LogP contribution in [0.1, 0.15) is 32.6 Å². The van der Waals surface area contributed by atoms with E-state index >= 15 is 0 Å². The van der Waals surface area contributed by atoms with Crippen molar-refractivity contribution >= 4 is 5.97 Å². The molecule has 2 aliphatic carbocycles. The van der Waals surface area contributed by atoms with Gasteiger partial charge in [-0.25, -0.2) is 0 Å². The topological polar surface area (TPSA) is 37.3 Å². The Hall–Kier alpha value is -1.05. The molecular formula is C12H16O2. The van der Waals surface area contributed by atoms with Gasteiger partial charge in [-0.05, 0) is 19.8 Å². The van der Waals surface area contributed by atoms with Crippen LogP contribution in [-0.2, 0) is 4.79 Å². The minimum Gasteiger partial charge on any atom is -0.481 e. The van der Waals surface area contributed by atoms with E-state index < -0.39 is 5.97 Å². The van der Waals surface area contributed by atoms with Gasteiger partial charge in [-0.2, -0.15) is 0 Å². The first-order valence-corrected chi connectivity index (χ1v) is 5.24. The summed E-state index contributed by atoms with van der Waals surface area (Å²) in [6.07, 6.45) is 10.5. The zero-order valence-corrected chi connectivity index (χ0v) is 8.49. The molecule has 0 aromatic rings. The first-order chi connectivity index (χ1) is 6.66. The predicted molar refractivity (Wildman–Crippen MR) is 54.9 cm³/mol. The molecular weight excluding hydrogens is 176 g/mol. The molecule has 1 spiro atoms. The number of hydrogen-bond donors (Lipinski definition) is 1. The van der Waals surface area contributed by atoms with E-state index in [0.717, 1.165) is 18.4 Å². The summed E-state index contributed by atoms with van der Waals surface area (Å²) in [4.78, 5) is 11.3. The number of hydrogen-bond acceptors (Lipinski definition) is 1. The summed E-state index contributed by atoms with van der Waals surface area (Å²) in [7, 11) is 0. The van der Waals surface area contributed by atoms with Crippen LogP contribution in [0.25, 0.3) is 0 Å². The zero-order chi connectivity index (χ0) is 10.2. The van der Waals surface area contributed by atoms with Crippen LogP contribution in [0, 0.1) is 11.3 Å². The molecule has 0 heterocycles. The summed E-state index contributed by atoms with van der Waals surface area (Å²) < 4.78 is 0. The highest BCUT2D eigenvalue weighted by Crippen LogP contribution is 2.49. The fraction of sp³-hybridized carbons (Fsp3) is 0.583. The molecule has 14 heavy (non-hydrogen) atoms. The van der Waals surface area contributed by atoms with E-state index in [2.05, 4.69) is 6.08 Å². The van der Waals surface area contributed by atoms with Gasteiger partial charge in [0.1, 0.15) is 0 Å². The molecule has 1 unspecified atom stereocenters. The first-order valence-electron chi connectivity index (χ1n) is 5.24. The summed E-state index contributed by atoms with van der Waals surface area (Å²) in [5, 5.41) is 9.26. The van der Waals surface area contributed by atoms with Crippen LogP contribution in [-0.4, -0.2) is 11.1 Å². The molecule has 0 saturated heterocycles. The molecule has 2 nitrogen and oxygen atoms in total. The molecule has 1 saturated carbocycles. The highest BCUT2D eigenvalue weighted by Gasteiger charge is 2.44. The Balaban J connectivity index is 2.36. The average Bonchev–Trinajstić information content (AvgIpc) is 2.53. The first kappa shape index (κ1) is 9.50. The number of allylic oxidation sites excluding steroid dienone is 3. The summed E-state index contributed by atoms with van der Waals surface area (Å²) in [5.74, 6) is -0.944. The lowest BCUT2D eigenvalue weighted by atomic mass is 9.68. The fourth-order valence-electron chi connectivity index (χ4n) is 2.97. The van der Waals surface area contributed by atoms with Crippen molar-refractivity contribution in [2.24, 2.45) is 11.3 Å². The van der Waals surface area contributed by atoms with Gasteiger partial charge < -0.3 is 5.11 Å². The van der Waals surface area contributed by atoms with Gasteiger partial charge in [0.15, 0.2) is 0 Å². The van der Waals surface area contributed by atoms with Gasteiger partial charge in [0, 0.05) is 5.41 Å². The highest BCUT2D eigenvalue weighted by atomic mass is 16.4. The van der Waals surface area contributed by atoms with Crippen LogP contribution in [0.4, 0.5) is 0 Å². The summed E-state index contributed by atoms with van der Waals surface area (Å²) in [6, 6.07) is 0. The molecule has 0 amide bonds. The van der Waals surface area contributed by atoms with Crippen LogP contribution >= 0.6 is 0 Å². The van der Waals surface area contributed by atoms with Gasteiger partial charge in [-0.15, -0.1) is 0 Å². The normalized spacial score (nSPS) is 29.2. The van der Waals surface area contributed by atoms with E-state index in [1.165, 1.54) is 12.8 Å². The summed E-state index contributed by atoms with van der Waals surface area (Å²) >= 11 is 0. The maximum absolute atomic E-state index is 11.3. The quantitative estimate of drug-likeness (QED) is 0.693. The Labute approximate surface area is 84.3 Å². The van der Waals surface area contributed by atoms with E-state index in [0.29, 0.717) is 0 Å². The van der Waals surface area contributed by atoms with E-state index in [-0.39, 0.29) is 11.3 Å². The van der Waals surface area contributed by atoms with Gasteiger partial charge in [0.2, 0.25) is 0 Å². The molecule has 76 valence electrons. The Morgan fingerprint density at radius 2 is 2.14 bits per heavy atom. The number of aliphatic carboxylic acids is 1. The van der Waals surface area contributed by atoms with Crippen LogP contribution in [0.3, 0.4) is 0 Å². The van der Waals surface area contributed by atoms with Crippen molar-refractivity contribution < 1.29 is 9.90 Å². The lowest BCUT2D eigenvalue weighted by molar-refractivity contribution is -0.143. The lowest BCUT2D eigenvalue weighted by Crippen LogP contribution is -2.34. The predicted octanol–water partition coefficient (Wildman–Crippen LogP) is 2.76. The fourth-order valence-corrected chi connectivity index (χ4v) is 2.97. The van der Waals surface area contributed by atoms with Crippen molar-refractivity contribution in [3.05, 3.63) is 23.8 Å². The minimum absolute atomic E-state index is 0.0648. The van der Waals surface area contributed by atoms with Gasteiger partial charge in [-0.1, -0.05) is 36.6 Å². The monoisotopic (exact) mass is 192 g/mol. The molecule has 0 aromatic heterocycles. The molecule has 0 radical (unpaired) electrons. The molecule has 2 rings (SSSR count). The summed E-state index contributed by atoms with van der Waals surface area (Å²) in [5.41, 5.74) is 0.937. The maximum Gasteiger partial charge on any atom is 0.311 e. The largest absolute Gasteiger partial charge is 0.481 e. The Morgan fingerprint density at radius 3 is 2.71 bits per heavy atom. The Morgan fingerprint density at radius 1 is 1.50 bits per heavy atom. The number of carbonyl (C=O) groups is 1. The minimum atomic E-state index is -0.662. The zero-order valence-electron chi connectivity index (χ0n) is 8.49. The Bertz CT molecular complexity index is 306. The molecule has 0 bridgehead atoms. The number of carboxylic acids is 1. The van der Waals surface area contributed by atoms with Crippen molar-refractivity contribution in [1.29, 1.82) is 0 Å². The van der Waals surface area contributed by atoms with Gasteiger partial charge in [0.25, 0.3) is 0 Å². The third-order valence-corrected chi connectivity index (χ3v) is 3.60. The molecule has 0 aromatic carbocycles. The number of rotatable bonds is 1. The third kappa shape index (κ3) is 1.29.